The predicted molar refractivity (Wildman–Crippen MR) is 81.1 cm³/mol. The molecule has 1 amide bonds. The zero-order valence-electron chi connectivity index (χ0n) is 10.5. The Kier molecular flexibility index (Phi) is 5.05. The molecule has 1 aliphatic rings. The van der Waals surface area contributed by atoms with Gasteiger partial charge in [-0.2, -0.15) is 0 Å². The average molecular weight is 334 g/mol. The monoisotopic (exact) mass is 332 g/mol. The molecule has 5 heteroatoms. The number of benzene rings is 1. The van der Waals surface area contributed by atoms with Crippen molar-refractivity contribution >= 4 is 45.6 Å². The molecule has 1 aliphatic carbocycles. The normalized spacial score (nSPS) is 15.7. The minimum absolute atomic E-state index is 0. The Hall–Kier alpha value is -0.740. The summed E-state index contributed by atoms with van der Waals surface area (Å²) >= 11 is 3.41. The molecule has 3 nitrogen and oxygen atoms in total. The van der Waals surface area contributed by atoms with Gasteiger partial charge in [0.2, 0.25) is 5.91 Å². The van der Waals surface area contributed by atoms with Crippen LogP contribution in [0.1, 0.15) is 25.3 Å². The number of nitrogen functional groups attached to an aromatic ring is 1. The Labute approximate surface area is 122 Å². The van der Waals surface area contributed by atoms with Gasteiger partial charge in [-0.25, -0.2) is 0 Å². The molecule has 3 N–H and O–H groups in total. The van der Waals surface area contributed by atoms with Gasteiger partial charge in [-0.05, 0) is 43.4 Å². The molecule has 100 valence electrons. The van der Waals surface area contributed by atoms with E-state index in [9.17, 15) is 4.79 Å². The zero-order valence-corrected chi connectivity index (χ0v) is 12.9. The first-order valence-corrected chi connectivity index (χ1v) is 6.65. The van der Waals surface area contributed by atoms with Crippen LogP contribution in [0.5, 0.6) is 0 Å². The van der Waals surface area contributed by atoms with Crippen molar-refractivity contribution in [3.63, 3.8) is 0 Å². The van der Waals surface area contributed by atoms with Crippen LogP contribution in [0.25, 0.3) is 0 Å². The van der Waals surface area contributed by atoms with Crippen molar-refractivity contribution < 1.29 is 4.79 Å². The Morgan fingerprint density at radius 2 is 2.11 bits per heavy atom. The molecule has 1 atom stereocenters. The summed E-state index contributed by atoms with van der Waals surface area (Å²) in [5, 5.41) is 2.92. The number of nitrogens with two attached hydrogens (primary N) is 1. The average Bonchev–Trinajstić information content (AvgIpc) is 3.07. The first-order valence-electron chi connectivity index (χ1n) is 5.85. The minimum Gasteiger partial charge on any atom is -0.397 e. The molecule has 1 saturated carbocycles. The van der Waals surface area contributed by atoms with Gasteiger partial charge < -0.3 is 11.1 Å². The fourth-order valence-electron chi connectivity index (χ4n) is 1.91. The van der Waals surface area contributed by atoms with Crippen LogP contribution < -0.4 is 11.1 Å². The van der Waals surface area contributed by atoms with E-state index < -0.39 is 0 Å². The third-order valence-electron chi connectivity index (χ3n) is 3.35. The van der Waals surface area contributed by atoms with Crippen molar-refractivity contribution in [2.24, 2.45) is 11.8 Å². The second-order valence-electron chi connectivity index (χ2n) is 4.80. The van der Waals surface area contributed by atoms with Crippen molar-refractivity contribution in [1.82, 2.24) is 0 Å². The number of rotatable bonds is 3. The highest BCUT2D eigenvalue weighted by Crippen LogP contribution is 2.37. The number of hydrogen-bond acceptors (Lipinski definition) is 2. The number of amides is 1. The number of hydrogen-bond donors (Lipinski definition) is 2. The Morgan fingerprint density at radius 1 is 1.50 bits per heavy atom. The van der Waals surface area contributed by atoms with E-state index in [1.165, 1.54) is 12.8 Å². The Morgan fingerprint density at radius 3 is 2.67 bits per heavy atom. The molecule has 2 rings (SSSR count). The number of halogens is 2. The van der Waals surface area contributed by atoms with Gasteiger partial charge >= 0.3 is 0 Å². The van der Waals surface area contributed by atoms with Crippen LogP contribution in [0.15, 0.2) is 16.6 Å². The van der Waals surface area contributed by atoms with Crippen LogP contribution in [0.3, 0.4) is 0 Å². The molecule has 1 aromatic carbocycles. The molecule has 18 heavy (non-hydrogen) atoms. The molecule has 1 aromatic rings. The summed E-state index contributed by atoms with van der Waals surface area (Å²) in [6, 6.07) is 3.79. The van der Waals surface area contributed by atoms with E-state index in [0.29, 0.717) is 17.3 Å². The molecule has 0 bridgehead atoms. The molecular weight excluding hydrogens is 316 g/mol. The SMILES string of the molecule is Cc1cc(Br)cc(NC(=O)C(C)C2CC2)c1N.Cl. The van der Waals surface area contributed by atoms with E-state index in [4.69, 9.17) is 5.73 Å². The number of nitrogens with one attached hydrogen (secondary N) is 1. The fourth-order valence-corrected chi connectivity index (χ4v) is 2.49. The van der Waals surface area contributed by atoms with Crippen LogP contribution in [0, 0.1) is 18.8 Å². The van der Waals surface area contributed by atoms with Gasteiger partial charge in [0.25, 0.3) is 0 Å². The van der Waals surface area contributed by atoms with Gasteiger partial charge in [-0.1, -0.05) is 22.9 Å². The van der Waals surface area contributed by atoms with Crippen molar-refractivity contribution in [2.45, 2.75) is 26.7 Å². The van der Waals surface area contributed by atoms with Gasteiger partial charge in [0.15, 0.2) is 0 Å². The van der Waals surface area contributed by atoms with Gasteiger partial charge in [0.05, 0.1) is 11.4 Å². The van der Waals surface area contributed by atoms with E-state index in [2.05, 4.69) is 21.2 Å². The molecular formula is C13H18BrClN2O. The highest BCUT2D eigenvalue weighted by atomic mass is 79.9. The first-order chi connectivity index (χ1) is 7.99. The summed E-state index contributed by atoms with van der Waals surface area (Å²) < 4.78 is 0.929. The highest BCUT2D eigenvalue weighted by molar-refractivity contribution is 9.10. The smallest absolute Gasteiger partial charge is 0.227 e. The van der Waals surface area contributed by atoms with Crippen LogP contribution in [-0.2, 0) is 4.79 Å². The topological polar surface area (TPSA) is 55.1 Å². The van der Waals surface area contributed by atoms with Gasteiger partial charge in [0.1, 0.15) is 0 Å². The number of carbonyl (C=O) groups excluding carboxylic acids is 1. The summed E-state index contributed by atoms with van der Waals surface area (Å²) in [6.07, 6.45) is 2.34. The van der Waals surface area contributed by atoms with Gasteiger partial charge in [0, 0.05) is 10.4 Å². The van der Waals surface area contributed by atoms with Crippen LogP contribution in [-0.4, -0.2) is 5.91 Å². The molecule has 1 unspecified atom stereocenters. The minimum atomic E-state index is 0. The van der Waals surface area contributed by atoms with Crippen molar-refractivity contribution in [1.29, 1.82) is 0 Å². The second kappa shape index (κ2) is 5.93. The lowest BCUT2D eigenvalue weighted by atomic mass is 10.1. The van der Waals surface area contributed by atoms with Crippen molar-refractivity contribution in [2.75, 3.05) is 11.1 Å². The van der Waals surface area contributed by atoms with Crippen molar-refractivity contribution in [3.05, 3.63) is 22.2 Å². The standard InChI is InChI=1S/C13H17BrN2O.ClH/c1-7-5-10(14)6-11(12(7)15)16-13(17)8(2)9-3-4-9;/h5-6,8-9H,3-4,15H2,1-2H3,(H,16,17);1H. The van der Waals surface area contributed by atoms with E-state index >= 15 is 0 Å². The number of carbonyl (C=O) groups is 1. The van der Waals surface area contributed by atoms with E-state index in [-0.39, 0.29) is 24.2 Å². The van der Waals surface area contributed by atoms with Gasteiger partial charge in [-0.15, -0.1) is 12.4 Å². The Bertz CT molecular complexity index is 461. The van der Waals surface area contributed by atoms with E-state index in [0.717, 1.165) is 10.0 Å². The number of aryl methyl sites for hydroxylation is 1. The highest BCUT2D eigenvalue weighted by Gasteiger charge is 2.32. The summed E-state index contributed by atoms with van der Waals surface area (Å²) in [5.41, 5.74) is 8.27. The van der Waals surface area contributed by atoms with Crippen LogP contribution >= 0.6 is 28.3 Å². The third-order valence-corrected chi connectivity index (χ3v) is 3.81. The van der Waals surface area contributed by atoms with Gasteiger partial charge in [-0.3, -0.25) is 4.79 Å². The van der Waals surface area contributed by atoms with Crippen LogP contribution in [0.4, 0.5) is 11.4 Å². The Balaban J connectivity index is 0.00000162. The maximum Gasteiger partial charge on any atom is 0.227 e. The quantitative estimate of drug-likeness (QED) is 0.828. The van der Waals surface area contributed by atoms with E-state index in [1.807, 2.05) is 26.0 Å². The molecule has 1 fully saturated rings. The zero-order chi connectivity index (χ0) is 12.6. The van der Waals surface area contributed by atoms with E-state index in [1.54, 1.807) is 0 Å². The molecule has 0 aliphatic heterocycles. The summed E-state index contributed by atoms with van der Waals surface area (Å²) in [7, 11) is 0. The predicted octanol–water partition coefficient (Wildman–Crippen LogP) is 3.75. The third kappa shape index (κ3) is 3.39. The number of anilines is 2. The fraction of sp³-hybridized carbons (Fsp3) is 0.462. The second-order valence-corrected chi connectivity index (χ2v) is 5.71. The maximum absolute atomic E-state index is 12.0. The lowest BCUT2D eigenvalue weighted by Crippen LogP contribution is -2.22. The largest absolute Gasteiger partial charge is 0.397 e. The summed E-state index contributed by atoms with van der Waals surface area (Å²) in [4.78, 5) is 12.0. The summed E-state index contributed by atoms with van der Waals surface area (Å²) in [6.45, 7) is 3.91. The molecule has 0 aromatic heterocycles. The lowest BCUT2D eigenvalue weighted by Gasteiger charge is -2.14. The summed E-state index contributed by atoms with van der Waals surface area (Å²) in [5.74, 6) is 0.704. The van der Waals surface area contributed by atoms with Crippen molar-refractivity contribution in [3.8, 4) is 0 Å². The first kappa shape index (κ1) is 15.3. The lowest BCUT2D eigenvalue weighted by molar-refractivity contribution is -0.119. The molecule has 0 radical (unpaired) electrons. The molecule has 0 saturated heterocycles. The van der Waals surface area contributed by atoms with Crippen LogP contribution in [0.2, 0.25) is 0 Å². The maximum atomic E-state index is 12.0. The molecule has 0 heterocycles. The molecule has 0 spiro atoms.